The van der Waals surface area contributed by atoms with Crippen molar-refractivity contribution in [2.75, 3.05) is 6.26 Å². The molecule has 0 saturated heterocycles. The topological polar surface area (TPSA) is 102 Å². The Hall–Kier alpha value is -1.44. The van der Waals surface area contributed by atoms with Crippen LogP contribution in [0.3, 0.4) is 0 Å². The lowest BCUT2D eigenvalue weighted by Gasteiger charge is -2.28. The standard InChI is InChI=1S/C11H17N3O4S/c1-7-10(11(15)16)12-13-14(7)8-4-3-5-9(6-8)19(2,17)18/h8-9H,3-6H2,1-2H3,(H,15,16). The summed E-state index contributed by atoms with van der Waals surface area (Å²) in [5.41, 5.74) is 0.410. The van der Waals surface area contributed by atoms with E-state index in [1.54, 1.807) is 11.6 Å². The third-order valence-electron chi connectivity index (χ3n) is 3.68. The summed E-state index contributed by atoms with van der Waals surface area (Å²) in [6.07, 6.45) is 3.98. The summed E-state index contributed by atoms with van der Waals surface area (Å²) in [5.74, 6) is -1.11. The fourth-order valence-electron chi connectivity index (χ4n) is 2.62. The van der Waals surface area contributed by atoms with E-state index in [0.717, 1.165) is 12.8 Å². The number of nitrogens with zero attached hydrogens (tertiary/aromatic N) is 3. The minimum absolute atomic E-state index is 0.0681. The van der Waals surface area contributed by atoms with Gasteiger partial charge in [-0.1, -0.05) is 11.6 Å². The Bertz CT molecular complexity index is 593. The third kappa shape index (κ3) is 2.78. The third-order valence-corrected chi connectivity index (χ3v) is 5.32. The molecule has 7 nitrogen and oxygen atoms in total. The molecule has 0 amide bonds. The molecule has 1 aliphatic carbocycles. The van der Waals surface area contributed by atoms with Crippen molar-refractivity contribution in [2.45, 2.75) is 43.9 Å². The second-order valence-electron chi connectivity index (χ2n) is 5.05. The molecule has 1 N–H and O–H groups in total. The quantitative estimate of drug-likeness (QED) is 0.882. The Labute approximate surface area is 111 Å². The first kappa shape index (κ1) is 14.0. The van der Waals surface area contributed by atoms with Gasteiger partial charge in [-0.15, -0.1) is 5.10 Å². The van der Waals surface area contributed by atoms with Crippen LogP contribution in [0.4, 0.5) is 0 Å². The molecule has 19 heavy (non-hydrogen) atoms. The first-order valence-corrected chi connectivity index (χ1v) is 8.10. The van der Waals surface area contributed by atoms with Crippen LogP contribution in [0, 0.1) is 6.92 Å². The van der Waals surface area contributed by atoms with Crippen molar-refractivity contribution in [3.8, 4) is 0 Å². The number of aromatic carboxylic acids is 1. The Morgan fingerprint density at radius 3 is 2.63 bits per heavy atom. The molecule has 1 aromatic heterocycles. The molecule has 106 valence electrons. The average Bonchev–Trinajstić information content (AvgIpc) is 2.70. The fraction of sp³-hybridized carbons (Fsp3) is 0.727. The van der Waals surface area contributed by atoms with E-state index >= 15 is 0 Å². The van der Waals surface area contributed by atoms with E-state index in [0.29, 0.717) is 18.5 Å². The summed E-state index contributed by atoms with van der Waals surface area (Å²) in [6, 6.07) is -0.0888. The van der Waals surface area contributed by atoms with Crippen LogP contribution in [0.2, 0.25) is 0 Å². The number of carboxylic acids is 1. The van der Waals surface area contributed by atoms with Gasteiger partial charge in [0.2, 0.25) is 0 Å². The van der Waals surface area contributed by atoms with E-state index in [-0.39, 0.29) is 17.0 Å². The summed E-state index contributed by atoms with van der Waals surface area (Å²) >= 11 is 0. The van der Waals surface area contributed by atoms with Crippen molar-refractivity contribution in [1.29, 1.82) is 0 Å². The van der Waals surface area contributed by atoms with Gasteiger partial charge in [0, 0.05) is 6.26 Å². The molecule has 1 aromatic rings. The second-order valence-corrected chi connectivity index (χ2v) is 7.37. The molecule has 0 radical (unpaired) electrons. The summed E-state index contributed by atoms with van der Waals surface area (Å²) in [7, 11) is -3.07. The lowest BCUT2D eigenvalue weighted by atomic mass is 9.95. The van der Waals surface area contributed by atoms with E-state index in [9.17, 15) is 13.2 Å². The number of carbonyl (C=O) groups is 1. The van der Waals surface area contributed by atoms with Gasteiger partial charge in [0.25, 0.3) is 0 Å². The maximum atomic E-state index is 11.6. The van der Waals surface area contributed by atoms with Crippen LogP contribution in [-0.4, -0.2) is 46.0 Å². The highest BCUT2D eigenvalue weighted by atomic mass is 32.2. The SMILES string of the molecule is Cc1c(C(=O)O)nnn1C1CCCC(S(C)(=O)=O)C1. The maximum absolute atomic E-state index is 11.6. The molecule has 8 heteroatoms. The van der Waals surface area contributed by atoms with Gasteiger partial charge in [0.1, 0.15) is 9.84 Å². The zero-order valence-electron chi connectivity index (χ0n) is 10.9. The minimum atomic E-state index is -3.07. The number of aromatic nitrogens is 3. The van der Waals surface area contributed by atoms with Gasteiger partial charge in [0.15, 0.2) is 5.69 Å². The molecular formula is C11H17N3O4S. The van der Waals surface area contributed by atoms with Gasteiger partial charge < -0.3 is 5.11 Å². The van der Waals surface area contributed by atoms with Gasteiger partial charge in [-0.25, -0.2) is 17.9 Å². The molecule has 2 rings (SSSR count). The molecule has 2 unspecified atom stereocenters. The van der Waals surface area contributed by atoms with Crippen molar-refractivity contribution in [1.82, 2.24) is 15.0 Å². The molecule has 0 spiro atoms. The molecule has 0 aromatic carbocycles. The van der Waals surface area contributed by atoms with Crippen LogP contribution in [0.25, 0.3) is 0 Å². The highest BCUT2D eigenvalue weighted by Crippen LogP contribution is 2.32. The van der Waals surface area contributed by atoms with Gasteiger partial charge in [-0.05, 0) is 26.2 Å². The number of hydrogen-bond acceptors (Lipinski definition) is 5. The Balaban J connectivity index is 2.25. The minimum Gasteiger partial charge on any atom is -0.476 e. The number of sulfone groups is 1. The maximum Gasteiger partial charge on any atom is 0.358 e. The Kier molecular flexibility index (Phi) is 3.62. The second kappa shape index (κ2) is 4.92. The van der Waals surface area contributed by atoms with E-state index in [2.05, 4.69) is 10.3 Å². The normalized spacial score (nSPS) is 24.3. The monoisotopic (exact) mass is 287 g/mol. The Morgan fingerprint density at radius 2 is 2.11 bits per heavy atom. The van der Waals surface area contributed by atoms with Gasteiger partial charge in [0.05, 0.1) is 17.0 Å². The van der Waals surface area contributed by atoms with Crippen LogP contribution in [0.15, 0.2) is 0 Å². The van der Waals surface area contributed by atoms with Crippen molar-refractivity contribution in [2.24, 2.45) is 0 Å². The smallest absolute Gasteiger partial charge is 0.358 e. The highest BCUT2D eigenvalue weighted by Gasteiger charge is 2.31. The predicted octanol–water partition coefficient (Wildman–Crippen LogP) is 0.813. The molecule has 1 saturated carbocycles. The molecular weight excluding hydrogens is 270 g/mol. The average molecular weight is 287 g/mol. The largest absolute Gasteiger partial charge is 0.476 e. The number of carboxylic acid groups (broad SMARTS) is 1. The number of hydrogen-bond donors (Lipinski definition) is 1. The van der Waals surface area contributed by atoms with Crippen LogP contribution >= 0.6 is 0 Å². The molecule has 1 heterocycles. The number of rotatable bonds is 3. The molecule has 2 atom stereocenters. The van der Waals surface area contributed by atoms with Gasteiger partial charge in [-0.2, -0.15) is 0 Å². The van der Waals surface area contributed by atoms with Crippen molar-refractivity contribution >= 4 is 15.8 Å². The van der Waals surface area contributed by atoms with Crippen molar-refractivity contribution in [3.05, 3.63) is 11.4 Å². The van der Waals surface area contributed by atoms with E-state index in [1.807, 2.05) is 0 Å². The lowest BCUT2D eigenvalue weighted by molar-refractivity contribution is 0.0689. The Morgan fingerprint density at radius 1 is 1.42 bits per heavy atom. The predicted molar refractivity (Wildman–Crippen MR) is 67.9 cm³/mol. The molecule has 0 aliphatic heterocycles. The fourth-order valence-corrected chi connectivity index (χ4v) is 3.78. The summed E-state index contributed by atoms with van der Waals surface area (Å²) in [5, 5.41) is 16.1. The van der Waals surface area contributed by atoms with Crippen LogP contribution in [-0.2, 0) is 9.84 Å². The molecule has 0 bridgehead atoms. The van der Waals surface area contributed by atoms with E-state index in [4.69, 9.17) is 5.11 Å². The van der Waals surface area contributed by atoms with E-state index in [1.165, 1.54) is 6.26 Å². The van der Waals surface area contributed by atoms with Crippen molar-refractivity contribution < 1.29 is 18.3 Å². The van der Waals surface area contributed by atoms with Crippen molar-refractivity contribution in [3.63, 3.8) is 0 Å². The summed E-state index contributed by atoms with van der Waals surface area (Å²) in [4.78, 5) is 10.9. The zero-order chi connectivity index (χ0) is 14.2. The van der Waals surface area contributed by atoms with E-state index < -0.39 is 15.8 Å². The first-order valence-electron chi connectivity index (χ1n) is 6.14. The first-order chi connectivity index (χ1) is 8.80. The molecule has 1 fully saturated rings. The van der Waals surface area contributed by atoms with Gasteiger partial charge >= 0.3 is 5.97 Å². The van der Waals surface area contributed by atoms with Gasteiger partial charge in [-0.3, -0.25) is 0 Å². The van der Waals surface area contributed by atoms with Crippen LogP contribution < -0.4 is 0 Å². The molecule has 1 aliphatic rings. The lowest BCUT2D eigenvalue weighted by Crippen LogP contribution is -2.29. The zero-order valence-corrected chi connectivity index (χ0v) is 11.7. The summed E-state index contributed by atoms with van der Waals surface area (Å²) < 4.78 is 24.8. The highest BCUT2D eigenvalue weighted by molar-refractivity contribution is 7.91. The van der Waals surface area contributed by atoms with Crippen LogP contribution in [0.1, 0.15) is 47.9 Å². The summed E-state index contributed by atoms with van der Waals surface area (Å²) in [6.45, 7) is 1.65. The van der Waals surface area contributed by atoms with Crippen LogP contribution in [0.5, 0.6) is 0 Å².